The molecule has 11 heavy (non-hydrogen) atoms. The maximum atomic E-state index is 9.89. The van der Waals surface area contributed by atoms with Gasteiger partial charge in [0.05, 0.1) is 18.2 Å². The van der Waals surface area contributed by atoms with Crippen molar-refractivity contribution >= 4 is 0 Å². The zero-order chi connectivity index (χ0) is 8.32. The van der Waals surface area contributed by atoms with Crippen LogP contribution in [0.3, 0.4) is 0 Å². The van der Waals surface area contributed by atoms with E-state index in [0.29, 0.717) is 6.61 Å². The van der Waals surface area contributed by atoms with E-state index in [1.165, 1.54) is 0 Å². The van der Waals surface area contributed by atoms with Crippen molar-refractivity contribution in [1.82, 2.24) is 0 Å². The van der Waals surface area contributed by atoms with Crippen LogP contribution in [0.25, 0.3) is 0 Å². The zero-order valence-corrected chi connectivity index (χ0v) is 7.05. The molecule has 0 radical (unpaired) electrons. The highest BCUT2D eigenvalue weighted by atomic mass is 16.5. The van der Waals surface area contributed by atoms with Crippen molar-refractivity contribution in [1.29, 1.82) is 0 Å². The van der Waals surface area contributed by atoms with Crippen molar-refractivity contribution in [2.45, 2.75) is 37.3 Å². The molecule has 0 aromatic heterocycles. The highest BCUT2D eigenvalue weighted by Gasteiger charge is 2.36. The van der Waals surface area contributed by atoms with E-state index in [9.17, 15) is 5.11 Å². The van der Waals surface area contributed by atoms with Crippen molar-refractivity contribution in [3.05, 3.63) is 0 Å². The zero-order valence-electron chi connectivity index (χ0n) is 7.05. The third kappa shape index (κ3) is 1.92. The molecule has 66 valence electrons. The number of hydrogen-bond donors (Lipinski definition) is 2. The average molecular weight is 159 g/mol. The minimum absolute atomic E-state index is 0.213. The lowest BCUT2D eigenvalue weighted by atomic mass is 9.94. The van der Waals surface area contributed by atoms with Crippen molar-refractivity contribution in [2.75, 3.05) is 13.7 Å². The van der Waals surface area contributed by atoms with E-state index in [2.05, 4.69) is 0 Å². The van der Waals surface area contributed by atoms with Crippen LogP contribution < -0.4 is 5.73 Å². The molecule has 0 aromatic rings. The Balaban J connectivity index is 2.42. The summed E-state index contributed by atoms with van der Waals surface area (Å²) >= 11 is 0. The molecule has 0 spiro atoms. The number of ether oxygens (including phenoxy) is 1. The summed E-state index contributed by atoms with van der Waals surface area (Å²) in [4.78, 5) is 0. The molecule has 0 aromatic carbocycles. The van der Waals surface area contributed by atoms with Gasteiger partial charge in [0.15, 0.2) is 0 Å². The lowest BCUT2D eigenvalue weighted by Crippen LogP contribution is -2.48. The number of methoxy groups -OCH3 is 1. The van der Waals surface area contributed by atoms with Crippen molar-refractivity contribution in [2.24, 2.45) is 5.73 Å². The van der Waals surface area contributed by atoms with Crippen LogP contribution in [0.5, 0.6) is 0 Å². The van der Waals surface area contributed by atoms with Gasteiger partial charge in [0, 0.05) is 7.11 Å². The van der Waals surface area contributed by atoms with Crippen molar-refractivity contribution < 1.29 is 9.84 Å². The first-order valence-electron chi connectivity index (χ1n) is 4.16. The Morgan fingerprint density at radius 2 is 2.09 bits per heavy atom. The molecule has 1 aliphatic rings. The Morgan fingerprint density at radius 1 is 1.55 bits per heavy atom. The second kappa shape index (κ2) is 3.52. The van der Waals surface area contributed by atoms with Crippen LogP contribution in [0.1, 0.15) is 25.7 Å². The molecular formula is C8H17NO2. The van der Waals surface area contributed by atoms with E-state index in [1.54, 1.807) is 7.11 Å². The van der Waals surface area contributed by atoms with E-state index < -0.39 is 5.60 Å². The summed E-state index contributed by atoms with van der Waals surface area (Å²) in [6.45, 7) is 0.455. The Hall–Kier alpha value is -0.120. The molecule has 3 heteroatoms. The highest BCUT2D eigenvalue weighted by molar-refractivity contribution is 4.93. The summed E-state index contributed by atoms with van der Waals surface area (Å²) < 4.78 is 4.90. The Labute approximate surface area is 67.5 Å². The first-order valence-corrected chi connectivity index (χ1v) is 4.16. The van der Waals surface area contributed by atoms with Crippen LogP contribution in [0, 0.1) is 0 Å². The largest absolute Gasteiger partial charge is 0.388 e. The third-order valence-corrected chi connectivity index (χ3v) is 2.51. The summed E-state index contributed by atoms with van der Waals surface area (Å²) in [5.74, 6) is 0. The Morgan fingerprint density at radius 3 is 2.55 bits per heavy atom. The summed E-state index contributed by atoms with van der Waals surface area (Å²) in [6, 6.07) is -0.213. The normalized spacial score (nSPS) is 25.4. The number of nitrogens with two attached hydrogens (primary N) is 1. The smallest absolute Gasteiger partial charge is 0.0820 e. The van der Waals surface area contributed by atoms with E-state index in [4.69, 9.17) is 10.5 Å². The number of hydrogen-bond acceptors (Lipinski definition) is 3. The summed E-state index contributed by atoms with van der Waals surface area (Å²) in [5, 5.41) is 9.89. The minimum atomic E-state index is -0.643. The quantitative estimate of drug-likeness (QED) is 0.621. The van der Waals surface area contributed by atoms with Crippen LogP contribution in [-0.2, 0) is 4.74 Å². The van der Waals surface area contributed by atoms with Gasteiger partial charge in [-0.3, -0.25) is 0 Å². The molecule has 0 heterocycles. The predicted molar refractivity (Wildman–Crippen MR) is 43.3 cm³/mol. The number of aliphatic hydroxyl groups is 1. The van der Waals surface area contributed by atoms with Gasteiger partial charge in [0.2, 0.25) is 0 Å². The fourth-order valence-electron chi connectivity index (χ4n) is 1.69. The first kappa shape index (κ1) is 8.97. The Bertz CT molecular complexity index is 121. The van der Waals surface area contributed by atoms with Gasteiger partial charge in [-0.2, -0.15) is 0 Å². The molecule has 0 saturated heterocycles. The van der Waals surface area contributed by atoms with Gasteiger partial charge in [0.25, 0.3) is 0 Å². The molecule has 3 nitrogen and oxygen atoms in total. The number of rotatable bonds is 3. The fraction of sp³-hybridized carbons (Fsp3) is 1.00. The van der Waals surface area contributed by atoms with Gasteiger partial charge in [-0.15, -0.1) is 0 Å². The summed E-state index contributed by atoms with van der Waals surface area (Å²) in [5.41, 5.74) is 5.11. The van der Waals surface area contributed by atoms with Crippen molar-refractivity contribution in [3.8, 4) is 0 Å². The molecule has 1 unspecified atom stereocenters. The fourth-order valence-corrected chi connectivity index (χ4v) is 1.69. The van der Waals surface area contributed by atoms with Crippen LogP contribution in [0.15, 0.2) is 0 Å². The van der Waals surface area contributed by atoms with Gasteiger partial charge in [-0.05, 0) is 12.8 Å². The monoisotopic (exact) mass is 159 g/mol. The Kier molecular flexibility index (Phi) is 2.87. The molecule has 1 rings (SSSR count). The van der Waals surface area contributed by atoms with Gasteiger partial charge >= 0.3 is 0 Å². The molecule has 0 amide bonds. The van der Waals surface area contributed by atoms with Gasteiger partial charge in [-0.25, -0.2) is 0 Å². The molecule has 0 bridgehead atoms. The van der Waals surface area contributed by atoms with E-state index in [0.717, 1.165) is 25.7 Å². The van der Waals surface area contributed by atoms with Crippen molar-refractivity contribution in [3.63, 3.8) is 0 Å². The van der Waals surface area contributed by atoms with Crippen LogP contribution in [0.4, 0.5) is 0 Å². The molecular weight excluding hydrogens is 142 g/mol. The maximum Gasteiger partial charge on any atom is 0.0820 e. The maximum absolute atomic E-state index is 9.89. The first-order chi connectivity index (χ1) is 5.19. The lowest BCUT2D eigenvalue weighted by molar-refractivity contribution is -0.00541. The summed E-state index contributed by atoms with van der Waals surface area (Å²) in [7, 11) is 1.61. The predicted octanol–water partition coefficient (Wildman–Crippen LogP) is 0.265. The lowest BCUT2D eigenvalue weighted by Gasteiger charge is -2.28. The molecule has 3 N–H and O–H groups in total. The highest BCUT2D eigenvalue weighted by Crippen LogP contribution is 2.31. The summed E-state index contributed by atoms with van der Waals surface area (Å²) in [6.07, 6.45) is 3.84. The molecule has 1 saturated carbocycles. The van der Waals surface area contributed by atoms with Gasteiger partial charge < -0.3 is 15.6 Å². The topological polar surface area (TPSA) is 55.5 Å². The third-order valence-electron chi connectivity index (χ3n) is 2.51. The van der Waals surface area contributed by atoms with Crippen LogP contribution in [-0.4, -0.2) is 30.5 Å². The van der Waals surface area contributed by atoms with E-state index in [1.807, 2.05) is 0 Å². The average Bonchev–Trinajstić information content (AvgIpc) is 2.38. The molecule has 1 fully saturated rings. The second-order valence-corrected chi connectivity index (χ2v) is 3.37. The molecule has 0 aliphatic heterocycles. The van der Waals surface area contributed by atoms with Gasteiger partial charge in [0.1, 0.15) is 0 Å². The van der Waals surface area contributed by atoms with Gasteiger partial charge in [-0.1, -0.05) is 12.8 Å². The van der Waals surface area contributed by atoms with E-state index in [-0.39, 0.29) is 6.04 Å². The second-order valence-electron chi connectivity index (χ2n) is 3.37. The molecule has 1 atom stereocenters. The van der Waals surface area contributed by atoms with E-state index >= 15 is 0 Å². The van der Waals surface area contributed by atoms with Crippen LogP contribution in [0.2, 0.25) is 0 Å². The SMILES string of the molecule is COCC(N)C1(O)CCCC1. The standard InChI is InChI=1S/C8H17NO2/c1-11-6-7(9)8(10)4-2-3-5-8/h7,10H,2-6,9H2,1H3. The molecule has 1 aliphatic carbocycles. The van der Waals surface area contributed by atoms with Crippen LogP contribution >= 0.6 is 0 Å². The minimum Gasteiger partial charge on any atom is -0.388 e.